The number of nitrogens with one attached hydrogen (secondary N) is 1. The highest BCUT2D eigenvalue weighted by Gasteiger charge is 2.29. The fourth-order valence-electron chi connectivity index (χ4n) is 4.37. The maximum Gasteiger partial charge on any atom is 0.273 e. The molecule has 1 amide bonds. The second-order valence-electron chi connectivity index (χ2n) is 8.53. The lowest BCUT2D eigenvalue weighted by molar-refractivity contribution is -0.120. The van der Waals surface area contributed by atoms with Gasteiger partial charge in [-0.25, -0.2) is 9.37 Å². The van der Waals surface area contributed by atoms with Gasteiger partial charge in [0.25, 0.3) is 5.56 Å². The summed E-state index contributed by atoms with van der Waals surface area (Å²) in [7, 11) is 0. The summed E-state index contributed by atoms with van der Waals surface area (Å²) < 4.78 is 15.6. The topological polar surface area (TPSA) is 91.0 Å². The van der Waals surface area contributed by atoms with Crippen LogP contribution >= 0.6 is 11.3 Å². The van der Waals surface area contributed by atoms with Gasteiger partial charge in [0.2, 0.25) is 11.9 Å². The van der Waals surface area contributed by atoms with E-state index in [1.807, 2.05) is 16.3 Å². The first kappa shape index (κ1) is 22.7. The second kappa shape index (κ2) is 9.68. The van der Waals surface area contributed by atoms with Crippen LogP contribution < -0.4 is 15.8 Å². The van der Waals surface area contributed by atoms with Crippen LogP contribution in [0, 0.1) is 23.1 Å². The number of anilines is 2. The molecule has 2 aromatic carbocycles. The normalized spacial score (nSPS) is 15.7. The van der Waals surface area contributed by atoms with Crippen LogP contribution in [-0.2, 0) is 11.3 Å². The molecular formula is C26H22FN5O2S. The quantitative estimate of drug-likeness (QED) is 0.451. The van der Waals surface area contributed by atoms with E-state index in [1.54, 1.807) is 41.0 Å². The molecule has 4 aromatic rings. The molecule has 0 radical (unpaired) electrons. The summed E-state index contributed by atoms with van der Waals surface area (Å²) in [4.78, 5) is 33.2. The Morgan fingerprint density at radius 2 is 2.06 bits per heavy atom. The summed E-state index contributed by atoms with van der Waals surface area (Å²) in [5.41, 5.74) is 2.33. The Balaban J connectivity index is 1.43. The van der Waals surface area contributed by atoms with Crippen LogP contribution in [0.2, 0.25) is 0 Å². The van der Waals surface area contributed by atoms with Crippen LogP contribution in [0.1, 0.15) is 24.0 Å². The monoisotopic (exact) mass is 487 g/mol. The number of piperidine rings is 1. The number of amides is 1. The van der Waals surface area contributed by atoms with Gasteiger partial charge in [0.05, 0.1) is 29.6 Å². The minimum absolute atomic E-state index is 0.131. The first-order chi connectivity index (χ1) is 17.0. The number of carbonyl (C=O) groups is 1. The van der Waals surface area contributed by atoms with Gasteiger partial charge >= 0.3 is 0 Å². The minimum Gasteiger partial charge on any atom is -0.341 e. The van der Waals surface area contributed by atoms with Crippen molar-refractivity contribution in [2.75, 3.05) is 23.3 Å². The van der Waals surface area contributed by atoms with E-state index in [9.17, 15) is 14.0 Å². The van der Waals surface area contributed by atoms with E-state index in [0.29, 0.717) is 46.9 Å². The summed E-state index contributed by atoms with van der Waals surface area (Å²) >= 11 is 1.34. The van der Waals surface area contributed by atoms with Crippen LogP contribution in [0.25, 0.3) is 10.2 Å². The zero-order chi connectivity index (χ0) is 24.4. The lowest BCUT2D eigenvalue weighted by atomic mass is 9.97. The number of hydrogen-bond donors (Lipinski definition) is 1. The number of nitriles is 1. The van der Waals surface area contributed by atoms with Crippen molar-refractivity contribution in [3.05, 3.63) is 87.3 Å². The summed E-state index contributed by atoms with van der Waals surface area (Å²) in [5.74, 6) is -0.259. The van der Waals surface area contributed by atoms with E-state index < -0.39 is 0 Å². The largest absolute Gasteiger partial charge is 0.341 e. The number of fused-ring (bicyclic) bond motifs is 1. The Hall–Kier alpha value is -4.03. The maximum atomic E-state index is 13.4. The number of rotatable bonds is 5. The molecule has 1 aliphatic rings. The Bertz CT molecular complexity index is 1490. The third-order valence-electron chi connectivity index (χ3n) is 6.13. The average Bonchev–Trinajstić information content (AvgIpc) is 3.36. The van der Waals surface area contributed by atoms with Crippen molar-refractivity contribution in [3.63, 3.8) is 0 Å². The van der Waals surface area contributed by atoms with Gasteiger partial charge in [0, 0.05) is 18.8 Å². The molecule has 0 aliphatic carbocycles. The Morgan fingerprint density at radius 3 is 2.86 bits per heavy atom. The fraction of sp³-hybridized carbons (Fsp3) is 0.231. The lowest BCUT2D eigenvalue weighted by Gasteiger charge is -2.34. The molecule has 5 rings (SSSR count). The first-order valence-electron chi connectivity index (χ1n) is 11.3. The van der Waals surface area contributed by atoms with Crippen LogP contribution in [0.5, 0.6) is 0 Å². The molecule has 9 heteroatoms. The van der Waals surface area contributed by atoms with Gasteiger partial charge in [-0.05, 0) is 60.2 Å². The summed E-state index contributed by atoms with van der Waals surface area (Å²) in [6, 6.07) is 16.8. The molecule has 1 atom stereocenters. The van der Waals surface area contributed by atoms with Crippen molar-refractivity contribution in [1.82, 2.24) is 9.55 Å². The number of carbonyl (C=O) groups excluding carboxylic acids is 1. The molecule has 2 aromatic heterocycles. The highest BCUT2D eigenvalue weighted by atomic mass is 32.1. The SMILES string of the molecule is N#Cc1cccc(NC(=O)[C@@H]2CCCN(c3nc4ccsc4c(=O)n3Cc3ccc(F)cc3)C2)c1. The molecule has 35 heavy (non-hydrogen) atoms. The van der Waals surface area contributed by atoms with Crippen molar-refractivity contribution in [2.45, 2.75) is 19.4 Å². The Kier molecular flexibility index (Phi) is 6.29. The van der Waals surface area contributed by atoms with E-state index in [1.165, 1.54) is 23.5 Å². The van der Waals surface area contributed by atoms with Crippen LogP contribution in [-0.4, -0.2) is 28.5 Å². The van der Waals surface area contributed by atoms with Gasteiger partial charge in [-0.2, -0.15) is 5.26 Å². The maximum absolute atomic E-state index is 13.4. The molecule has 1 fully saturated rings. The number of benzene rings is 2. The molecule has 1 saturated heterocycles. The predicted molar refractivity (Wildman–Crippen MR) is 134 cm³/mol. The highest BCUT2D eigenvalue weighted by Crippen LogP contribution is 2.26. The molecular weight excluding hydrogens is 465 g/mol. The van der Waals surface area contributed by atoms with E-state index in [2.05, 4.69) is 11.4 Å². The third-order valence-corrected chi connectivity index (χ3v) is 7.03. The van der Waals surface area contributed by atoms with Crippen molar-refractivity contribution < 1.29 is 9.18 Å². The molecule has 0 bridgehead atoms. The van der Waals surface area contributed by atoms with Gasteiger partial charge in [0.1, 0.15) is 10.5 Å². The van der Waals surface area contributed by atoms with Crippen LogP contribution in [0.15, 0.2) is 64.8 Å². The molecule has 0 saturated carbocycles. The zero-order valence-electron chi connectivity index (χ0n) is 18.8. The van der Waals surface area contributed by atoms with Crippen molar-refractivity contribution in [1.29, 1.82) is 5.26 Å². The van der Waals surface area contributed by atoms with Gasteiger partial charge in [-0.15, -0.1) is 11.3 Å². The number of aromatic nitrogens is 2. The van der Waals surface area contributed by atoms with Crippen LogP contribution in [0.3, 0.4) is 0 Å². The first-order valence-corrected chi connectivity index (χ1v) is 12.2. The molecule has 3 heterocycles. The minimum atomic E-state index is -0.335. The zero-order valence-corrected chi connectivity index (χ0v) is 19.6. The van der Waals surface area contributed by atoms with Crippen LogP contribution in [0.4, 0.5) is 16.0 Å². The standard InChI is InChI=1S/C26H22FN5O2S/c27-20-8-6-17(7-9-20)15-32-25(34)23-22(10-12-35-23)30-26(32)31-11-2-4-19(16-31)24(33)29-21-5-1-3-18(13-21)14-28/h1,3,5-10,12-13,19H,2,4,11,15-16H2,(H,29,33)/t19-/m1/s1. The second-order valence-corrected chi connectivity index (χ2v) is 9.45. The molecule has 1 N–H and O–H groups in total. The number of thiophene rings is 1. The smallest absolute Gasteiger partial charge is 0.273 e. The summed E-state index contributed by atoms with van der Waals surface area (Å²) in [5, 5.41) is 13.9. The number of hydrogen-bond acceptors (Lipinski definition) is 6. The molecule has 176 valence electrons. The molecule has 1 aliphatic heterocycles. The molecule has 0 unspecified atom stereocenters. The lowest BCUT2D eigenvalue weighted by Crippen LogP contribution is -2.43. The fourth-order valence-corrected chi connectivity index (χ4v) is 5.15. The summed E-state index contributed by atoms with van der Waals surface area (Å²) in [6.45, 7) is 1.33. The average molecular weight is 488 g/mol. The summed E-state index contributed by atoms with van der Waals surface area (Å²) in [6.07, 6.45) is 1.48. The van der Waals surface area contributed by atoms with E-state index in [-0.39, 0.29) is 29.7 Å². The van der Waals surface area contributed by atoms with Crippen molar-refractivity contribution >= 4 is 39.1 Å². The third kappa shape index (κ3) is 4.79. The van der Waals surface area contributed by atoms with Gasteiger partial charge in [0.15, 0.2) is 0 Å². The Labute approximate surface area is 205 Å². The predicted octanol–water partition coefficient (Wildman–Crippen LogP) is 4.37. The van der Waals surface area contributed by atoms with E-state index in [4.69, 9.17) is 10.2 Å². The van der Waals surface area contributed by atoms with Gasteiger partial charge < -0.3 is 10.2 Å². The number of halogens is 1. The van der Waals surface area contributed by atoms with Gasteiger partial charge in [-0.3, -0.25) is 14.2 Å². The molecule has 0 spiro atoms. The highest BCUT2D eigenvalue weighted by molar-refractivity contribution is 7.17. The van der Waals surface area contributed by atoms with E-state index >= 15 is 0 Å². The van der Waals surface area contributed by atoms with E-state index in [0.717, 1.165) is 12.0 Å². The Morgan fingerprint density at radius 1 is 1.23 bits per heavy atom. The number of nitrogens with zero attached hydrogens (tertiary/aromatic N) is 4. The van der Waals surface area contributed by atoms with Crippen molar-refractivity contribution in [3.8, 4) is 6.07 Å². The molecule has 7 nitrogen and oxygen atoms in total. The van der Waals surface area contributed by atoms with Gasteiger partial charge in [-0.1, -0.05) is 18.2 Å². The van der Waals surface area contributed by atoms with Crippen molar-refractivity contribution in [2.24, 2.45) is 5.92 Å².